The van der Waals surface area contributed by atoms with Crippen molar-refractivity contribution in [2.75, 3.05) is 5.32 Å². The molecule has 0 atom stereocenters. The van der Waals surface area contributed by atoms with Gasteiger partial charge in [0.05, 0.1) is 11.2 Å². The maximum atomic E-state index is 11.8. The largest absolute Gasteiger partial charge is 0.444 e. The molecule has 0 bridgehead atoms. The van der Waals surface area contributed by atoms with Crippen molar-refractivity contribution in [2.45, 2.75) is 33.3 Å². The van der Waals surface area contributed by atoms with Gasteiger partial charge in [0.15, 0.2) is 0 Å². The molecule has 1 heterocycles. The molecule has 0 saturated heterocycles. The summed E-state index contributed by atoms with van der Waals surface area (Å²) in [5, 5.41) is 3.73. The topological polar surface area (TPSA) is 51.2 Å². The second kappa shape index (κ2) is 4.88. The minimum Gasteiger partial charge on any atom is -0.444 e. The number of fused-ring (bicyclic) bond motifs is 1. The molecule has 0 spiro atoms. The van der Waals surface area contributed by atoms with Crippen LogP contribution in [0, 0.1) is 6.92 Å². The van der Waals surface area contributed by atoms with E-state index in [-0.39, 0.29) is 0 Å². The number of pyridine rings is 1. The molecule has 100 valence electrons. The van der Waals surface area contributed by atoms with Gasteiger partial charge in [-0.05, 0) is 39.8 Å². The second-order valence-electron chi connectivity index (χ2n) is 5.46. The number of ether oxygens (including phenoxy) is 1. The molecule has 19 heavy (non-hydrogen) atoms. The van der Waals surface area contributed by atoms with Gasteiger partial charge in [0, 0.05) is 11.1 Å². The summed E-state index contributed by atoms with van der Waals surface area (Å²) in [7, 11) is 0. The predicted molar refractivity (Wildman–Crippen MR) is 76.3 cm³/mol. The lowest BCUT2D eigenvalue weighted by atomic mass is 10.2. The van der Waals surface area contributed by atoms with Gasteiger partial charge in [-0.2, -0.15) is 0 Å². The van der Waals surface area contributed by atoms with E-state index in [0.717, 1.165) is 16.6 Å². The summed E-state index contributed by atoms with van der Waals surface area (Å²) in [6.45, 7) is 7.41. The molecule has 4 heteroatoms. The third kappa shape index (κ3) is 3.44. The Morgan fingerprint density at radius 3 is 2.63 bits per heavy atom. The molecule has 0 aliphatic carbocycles. The van der Waals surface area contributed by atoms with Crippen LogP contribution >= 0.6 is 0 Å². The maximum Gasteiger partial charge on any atom is 0.412 e. The molecule has 2 aromatic rings. The van der Waals surface area contributed by atoms with Crippen molar-refractivity contribution in [1.82, 2.24) is 4.98 Å². The Morgan fingerprint density at radius 1 is 1.21 bits per heavy atom. The van der Waals surface area contributed by atoms with E-state index in [9.17, 15) is 4.79 Å². The summed E-state index contributed by atoms with van der Waals surface area (Å²) in [4.78, 5) is 16.3. The zero-order valence-corrected chi connectivity index (χ0v) is 11.7. The fraction of sp³-hybridized carbons (Fsp3) is 0.333. The number of carbonyl (C=O) groups is 1. The highest BCUT2D eigenvalue weighted by atomic mass is 16.6. The fourth-order valence-electron chi connectivity index (χ4n) is 1.76. The van der Waals surface area contributed by atoms with Crippen LogP contribution in [0.3, 0.4) is 0 Å². The van der Waals surface area contributed by atoms with E-state index in [4.69, 9.17) is 4.74 Å². The van der Waals surface area contributed by atoms with Gasteiger partial charge < -0.3 is 4.74 Å². The summed E-state index contributed by atoms with van der Waals surface area (Å²) in [6.07, 6.45) is -0.469. The monoisotopic (exact) mass is 258 g/mol. The van der Waals surface area contributed by atoms with Gasteiger partial charge in [0.2, 0.25) is 0 Å². The first kappa shape index (κ1) is 13.3. The van der Waals surface area contributed by atoms with E-state index in [1.54, 1.807) is 0 Å². The number of aromatic nitrogens is 1. The molecular weight excluding hydrogens is 240 g/mol. The van der Waals surface area contributed by atoms with Crippen LogP contribution in [0.1, 0.15) is 26.5 Å². The van der Waals surface area contributed by atoms with Gasteiger partial charge in [-0.1, -0.05) is 18.2 Å². The molecular formula is C15H18N2O2. The number of amides is 1. The number of anilines is 1. The highest BCUT2D eigenvalue weighted by Crippen LogP contribution is 2.22. The smallest absolute Gasteiger partial charge is 0.412 e. The normalized spacial score (nSPS) is 11.4. The Bertz CT molecular complexity index is 615. The molecule has 0 unspecified atom stereocenters. The molecule has 1 aromatic heterocycles. The number of nitrogens with zero attached hydrogens (tertiary/aromatic N) is 1. The van der Waals surface area contributed by atoms with E-state index in [1.165, 1.54) is 0 Å². The third-order valence-corrected chi connectivity index (χ3v) is 2.50. The number of nitrogens with one attached hydrogen (secondary N) is 1. The number of rotatable bonds is 1. The summed E-state index contributed by atoms with van der Waals surface area (Å²) in [6, 6.07) is 9.59. The number of aryl methyl sites for hydroxylation is 1. The van der Waals surface area contributed by atoms with Crippen LogP contribution in [0.2, 0.25) is 0 Å². The van der Waals surface area contributed by atoms with Crippen molar-refractivity contribution in [1.29, 1.82) is 0 Å². The number of para-hydroxylation sites is 1. The van der Waals surface area contributed by atoms with Crippen molar-refractivity contribution >= 4 is 22.7 Å². The van der Waals surface area contributed by atoms with Crippen molar-refractivity contribution < 1.29 is 9.53 Å². The first-order valence-electron chi connectivity index (χ1n) is 6.21. The van der Waals surface area contributed by atoms with Crippen molar-refractivity contribution in [3.8, 4) is 0 Å². The first-order valence-corrected chi connectivity index (χ1v) is 6.21. The molecule has 0 radical (unpaired) electrons. The number of carbonyl (C=O) groups excluding carboxylic acids is 1. The van der Waals surface area contributed by atoms with Gasteiger partial charge in [0.1, 0.15) is 5.60 Å². The minimum absolute atomic E-state index is 0.469. The van der Waals surface area contributed by atoms with Crippen molar-refractivity contribution in [2.24, 2.45) is 0 Å². The van der Waals surface area contributed by atoms with E-state index in [1.807, 2.05) is 58.0 Å². The van der Waals surface area contributed by atoms with Crippen LogP contribution in [-0.4, -0.2) is 16.7 Å². The van der Waals surface area contributed by atoms with E-state index < -0.39 is 11.7 Å². The van der Waals surface area contributed by atoms with Crippen LogP contribution in [0.4, 0.5) is 10.5 Å². The SMILES string of the molecule is Cc1ccc2cccc(NC(=O)OC(C)(C)C)c2n1. The van der Waals surface area contributed by atoms with Gasteiger partial charge >= 0.3 is 6.09 Å². The van der Waals surface area contributed by atoms with Crippen molar-refractivity contribution in [3.05, 3.63) is 36.0 Å². The summed E-state index contributed by atoms with van der Waals surface area (Å²) < 4.78 is 5.24. The molecule has 1 amide bonds. The highest BCUT2D eigenvalue weighted by molar-refractivity contribution is 5.97. The van der Waals surface area contributed by atoms with Gasteiger partial charge in [0.25, 0.3) is 0 Å². The molecule has 1 aromatic carbocycles. The Kier molecular flexibility index (Phi) is 3.42. The zero-order valence-electron chi connectivity index (χ0n) is 11.7. The minimum atomic E-state index is -0.516. The number of hydrogen-bond donors (Lipinski definition) is 1. The molecule has 0 aliphatic rings. The Morgan fingerprint density at radius 2 is 1.95 bits per heavy atom. The van der Waals surface area contributed by atoms with Crippen LogP contribution in [0.25, 0.3) is 10.9 Å². The Hall–Kier alpha value is -2.10. The van der Waals surface area contributed by atoms with Crippen LogP contribution in [0.5, 0.6) is 0 Å². The van der Waals surface area contributed by atoms with Crippen LogP contribution in [0.15, 0.2) is 30.3 Å². The first-order chi connectivity index (χ1) is 8.85. The van der Waals surface area contributed by atoms with Gasteiger partial charge in [-0.25, -0.2) is 4.79 Å². The average Bonchev–Trinajstić information content (AvgIpc) is 2.27. The van der Waals surface area contributed by atoms with Crippen LogP contribution in [-0.2, 0) is 4.74 Å². The summed E-state index contributed by atoms with van der Waals surface area (Å²) in [5.41, 5.74) is 1.83. The quantitative estimate of drug-likeness (QED) is 0.844. The lowest BCUT2D eigenvalue weighted by Crippen LogP contribution is -2.27. The molecule has 2 rings (SSSR count). The molecule has 1 N–H and O–H groups in total. The Balaban J connectivity index is 2.30. The lowest BCUT2D eigenvalue weighted by Gasteiger charge is -2.20. The molecule has 0 fully saturated rings. The highest BCUT2D eigenvalue weighted by Gasteiger charge is 2.17. The van der Waals surface area contributed by atoms with Gasteiger partial charge in [-0.15, -0.1) is 0 Å². The predicted octanol–water partition coefficient (Wildman–Crippen LogP) is 3.89. The summed E-state index contributed by atoms with van der Waals surface area (Å²) >= 11 is 0. The third-order valence-electron chi connectivity index (χ3n) is 2.50. The van der Waals surface area contributed by atoms with Crippen molar-refractivity contribution in [3.63, 3.8) is 0 Å². The second-order valence-corrected chi connectivity index (χ2v) is 5.46. The zero-order chi connectivity index (χ0) is 14.0. The summed E-state index contributed by atoms with van der Waals surface area (Å²) in [5.74, 6) is 0. The average molecular weight is 258 g/mol. The fourth-order valence-corrected chi connectivity index (χ4v) is 1.76. The lowest BCUT2D eigenvalue weighted by molar-refractivity contribution is 0.0636. The van der Waals surface area contributed by atoms with Gasteiger partial charge in [-0.3, -0.25) is 10.3 Å². The Labute approximate surface area is 112 Å². The maximum absolute atomic E-state index is 11.8. The van der Waals surface area contributed by atoms with Crippen LogP contribution < -0.4 is 5.32 Å². The number of hydrogen-bond acceptors (Lipinski definition) is 3. The molecule has 0 saturated carbocycles. The number of benzene rings is 1. The standard InChI is InChI=1S/C15H18N2O2/c1-10-8-9-11-6-5-7-12(13(11)16-10)17-14(18)19-15(2,3)4/h5-9H,1-4H3,(H,17,18). The van der Waals surface area contributed by atoms with E-state index >= 15 is 0 Å². The van der Waals surface area contributed by atoms with E-state index in [0.29, 0.717) is 5.69 Å². The van der Waals surface area contributed by atoms with E-state index in [2.05, 4.69) is 10.3 Å². The molecule has 0 aliphatic heterocycles. The molecule has 4 nitrogen and oxygen atoms in total.